The molecule has 4 rings (SSSR count). The lowest BCUT2D eigenvalue weighted by Crippen LogP contribution is -2.47. The number of rotatable bonds is 7. The Balaban J connectivity index is 1.80. The van der Waals surface area contributed by atoms with E-state index in [2.05, 4.69) is 47.7 Å². The number of hydrogen-bond donors (Lipinski definition) is 0. The van der Waals surface area contributed by atoms with E-state index in [4.69, 9.17) is 13.9 Å². The summed E-state index contributed by atoms with van der Waals surface area (Å²) in [6.45, 7) is 15.5. The van der Waals surface area contributed by atoms with Crippen molar-refractivity contribution in [3.05, 3.63) is 82.0 Å². The first-order valence-corrected chi connectivity index (χ1v) is 16.7. The molecule has 0 radical (unpaired) electrons. The third-order valence-corrected chi connectivity index (χ3v) is 12.6. The number of nitrogens with zero attached hydrogens (tertiary/aromatic N) is 1. The van der Waals surface area contributed by atoms with E-state index in [0.717, 1.165) is 16.6 Å². The Kier molecular flexibility index (Phi) is 8.66. The maximum Gasteiger partial charge on any atom is 0.263 e. The number of pyridine rings is 1. The van der Waals surface area contributed by atoms with Gasteiger partial charge in [-0.25, -0.2) is 4.39 Å². The van der Waals surface area contributed by atoms with Crippen LogP contribution in [0.25, 0.3) is 22.5 Å². The number of ether oxygens (including phenoxy) is 2. The first-order valence-electron chi connectivity index (χ1n) is 13.8. The summed E-state index contributed by atoms with van der Waals surface area (Å²) < 4.78 is 34.1. The van der Waals surface area contributed by atoms with Gasteiger partial charge < -0.3 is 13.9 Å². The topological polar surface area (TPSA) is 49.7 Å². The molecular weight excluding hydrogens is 509 g/mol. The molecular formula is C32H42FNO4Si. The van der Waals surface area contributed by atoms with Gasteiger partial charge in [-0.05, 0) is 71.4 Å². The van der Waals surface area contributed by atoms with Crippen LogP contribution < -0.4 is 5.56 Å². The molecule has 0 N–H and O–H groups in total. The van der Waals surface area contributed by atoms with Gasteiger partial charge in [-0.1, -0.05) is 58.9 Å². The Morgan fingerprint density at radius 2 is 1.69 bits per heavy atom. The highest BCUT2D eigenvalue weighted by Gasteiger charge is 2.41. The largest absolute Gasteiger partial charge is 0.414 e. The first kappa shape index (κ1) is 29.4. The van der Waals surface area contributed by atoms with Crippen molar-refractivity contribution in [3.8, 4) is 5.69 Å². The van der Waals surface area contributed by atoms with Crippen LogP contribution in [-0.4, -0.2) is 38.5 Å². The second kappa shape index (κ2) is 11.5. The summed E-state index contributed by atoms with van der Waals surface area (Å²) in [5.74, 6) is -0.210. The summed E-state index contributed by atoms with van der Waals surface area (Å²) in [6.07, 6.45) is 4.78. The highest BCUT2D eigenvalue weighted by molar-refractivity contribution is 6.74. The third-order valence-electron chi connectivity index (χ3n) is 8.11. The summed E-state index contributed by atoms with van der Waals surface area (Å²) in [5.41, 5.74) is 2.30. The SMILES string of the molecule is CO[C@@H]1C[C@H](O[Si](C)(C)C(C)(C)C)C[C@@H](C=Cc2c(C(C)C)c3ccccc3c(=O)n2-c2ccc(F)cc2)O1. The Morgan fingerprint density at radius 3 is 2.28 bits per heavy atom. The van der Waals surface area contributed by atoms with Crippen LogP contribution in [0.2, 0.25) is 18.1 Å². The van der Waals surface area contributed by atoms with E-state index in [-0.39, 0.29) is 40.8 Å². The van der Waals surface area contributed by atoms with E-state index in [9.17, 15) is 9.18 Å². The zero-order valence-corrected chi connectivity index (χ0v) is 25.5. The van der Waals surface area contributed by atoms with Crippen LogP contribution in [0.5, 0.6) is 0 Å². The zero-order chi connectivity index (χ0) is 28.5. The Hall–Kier alpha value is -2.58. The maximum atomic E-state index is 13.8. The summed E-state index contributed by atoms with van der Waals surface area (Å²) in [4.78, 5) is 13.8. The van der Waals surface area contributed by atoms with Crippen molar-refractivity contribution in [1.82, 2.24) is 4.57 Å². The van der Waals surface area contributed by atoms with Crippen LogP contribution in [0.1, 0.15) is 64.6 Å². The van der Waals surface area contributed by atoms with Crippen molar-refractivity contribution in [2.24, 2.45) is 0 Å². The van der Waals surface area contributed by atoms with Gasteiger partial charge >= 0.3 is 0 Å². The van der Waals surface area contributed by atoms with Crippen LogP contribution >= 0.6 is 0 Å². The Bertz CT molecular complexity index is 1390. The summed E-state index contributed by atoms with van der Waals surface area (Å²) in [7, 11) is -0.323. The minimum atomic E-state index is -1.98. The van der Waals surface area contributed by atoms with Crippen LogP contribution in [0.4, 0.5) is 4.39 Å². The van der Waals surface area contributed by atoms with E-state index in [1.807, 2.05) is 36.4 Å². The normalized spacial score (nSPS) is 20.8. The predicted molar refractivity (Wildman–Crippen MR) is 160 cm³/mol. The van der Waals surface area contributed by atoms with Crippen molar-refractivity contribution in [3.63, 3.8) is 0 Å². The smallest absolute Gasteiger partial charge is 0.263 e. The zero-order valence-electron chi connectivity index (χ0n) is 24.5. The molecule has 0 amide bonds. The Morgan fingerprint density at radius 1 is 1.05 bits per heavy atom. The van der Waals surface area contributed by atoms with Crippen molar-refractivity contribution >= 4 is 25.2 Å². The number of aromatic nitrogens is 1. The second-order valence-electron chi connectivity index (χ2n) is 12.3. The number of methoxy groups -OCH3 is 1. The average molecular weight is 552 g/mol. The van der Waals surface area contributed by atoms with Crippen molar-refractivity contribution < 1.29 is 18.3 Å². The van der Waals surface area contributed by atoms with Crippen LogP contribution in [0.3, 0.4) is 0 Å². The molecule has 0 bridgehead atoms. The predicted octanol–water partition coefficient (Wildman–Crippen LogP) is 7.81. The minimum Gasteiger partial charge on any atom is -0.414 e. The first-order chi connectivity index (χ1) is 18.3. The molecule has 3 atom stereocenters. The lowest BCUT2D eigenvalue weighted by Gasteiger charge is -2.42. The van der Waals surface area contributed by atoms with Crippen molar-refractivity contribution in [2.45, 2.75) is 90.0 Å². The molecule has 0 aliphatic carbocycles. The van der Waals surface area contributed by atoms with Gasteiger partial charge in [0.2, 0.25) is 0 Å². The van der Waals surface area contributed by atoms with Crippen LogP contribution in [-0.2, 0) is 13.9 Å². The molecule has 210 valence electrons. The molecule has 1 saturated heterocycles. The number of fused-ring (bicyclic) bond motifs is 1. The molecule has 5 nitrogen and oxygen atoms in total. The van der Waals surface area contributed by atoms with Gasteiger partial charge in [-0.3, -0.25) is 9.36 Å². The van der Waals surface area contributed by atoms with Gasteiger partial charge in [-0.2, -0.15) is 0 Å². The van der Waals surface area contributed by atoms with Crippen molar-refractivity contribution in [1.29, 1.82) is 0 Å². The standard InChI is InChI=1S/C32H42FNO4Si/c1-21(2)30-26-11-9-10-12-27(26)31(35)34(23-15-13-22(33)14-16-23)28(30)18-17-24-19-25(20-29(36-6)37-24)38-39(7,8)32(3,4)5/h9-18,21,24-25,29H,19-20H2,1-8H3/t24-,25-,29+/m1/s1. The van der Waals surface area contributed by atoms with E-state index in [1.54, 1.807) is 23.8 Å². The van der Waals surface area contributed by atoms with Gasteiger partial charge in [0.25, 0.3) is 5.56 Å². The molecule has 1 aliphatic heterocycles. The fraction of sp³-hybridized carbons (Fsp3) is 0.469. The molecule has 39 heavy (non-hydrogen) atoms. The van der Waals surface area contributed by atoms with E-state index >= 15 is 0 Å². The van der Waals surface area contributed by atoms with Crippen LogP contribution in [0, 0.1) is 5.82 Å². The molecule has 0 spiro atoms. The number of halogens is 1. The average Bonchev–Trinajstić information content (AvgIpc) is 2.87. The van der Waals surface area contributed by atoms with Crippen LogP contribution in [0.15, 0.2) is 59.4 Å². The minimum absolute atomic E-state index is 0.0136. The van der Waals surface area contributed by atoms with Gasteiger partial charge in [0.05, 0.1) is 17.9 Å². The molecule has 1 fully saturated rings. The maximum absolute atomic E-state index is 13.8. The summed E-state index contributed by atoms with van der Waals surface area (Å²) >= 11 is 0. The molecule has 1 aliphatic rings. The molecule has 1 aromatic heterocycles. The fourth-order valence-electron chi connectivity index (χ4n) is 5.05. The van der Waals surface area contributed by atoms with Gasteiger partial charge in [0, 0.05) is 31.0 Å². The molecule has 2 aromatic carbocycles. The fourth-order valence-corrected chi connectivity index (χ4v) is 6.43. The molecule has 7 heteroatoms. The molecule has 3 aromatic rings. The third kappa shape index (κ3) is 6.27. The van der Waals surface area contributed by atoms with Gasteiger partial charge in [-0.15, -0.1) is 0 Å². The lowest BCUT2D eigenvalue weighted by molar-refractivity contribution is -0.189. The molecule has 0 saturated carbocycles. The molecule has 0 unspecified atom stereocenters. The van der Waals surface area contributed by atoms with E-state index in [1.165, 1.54) is 12.1 Å². The van der Waals surface area contributed by atoms with Gasteiger partial charge in [0.15, 0.2) is 14.6 Å². The summed E-state index contributed by atoms with van der Waals surface area (Å²) in [5, 5.41) is 1.66. The monoisotopic (exact) mass is 551 g/mol. The van der Waals surface area contributed by atoms with E-state index < -0.39 is 8.32 Å². The summed E-state index contributed by atoms with van der Waals surface area (Å²) in [6, 6.07) is 13.8. The molecule has 2 heterocycles. The van der Waals surface area contributed by atoms with E-state index in [0.29, 0.717) is 23.9 Å². The lowest BCUT2D eigenvalue weighted by atomic mass is 9.93. The highest BCUT2D eigenvalue weighted by atomic mass is 28.4. The number of benzene rings is 2. The quantitative estimate of drug-likeness (QED) is 0.281. The Labute approximate surface area is 232 Å². The second-order valence-corrected chi connectivity index (χ2v) is 17.0. The van der Waals surface area contributed by atoms with Crippen molar-refractivity contribution in [2.75, 3.05) is 7.11 Å². The number of hydrogen-bond acceptors (Lipinski definition) is 4. The highest BCUT2D eigenvalue weighted by Crippen LogP contribution is 2.39. The van der Waals surface area contributed by atoms with Gasteiger partial charge in [0.1, 0.15) is 5.82 Å².